The van der Waals surface area contributed by atoms with Crippen molar-refractivity contribution in [3.05, 3.63) is 65.7 Å². The third-order valence-electron chi connectivity index (χ3n) is 4.24. The fourth-order valence-electron chi connectivity index (χ4n) is 2.80. The Morgan fingerprint density at radius 1 is 1.11 bits per heavy atom. The highest BCUT2D eigenvalue weighted by Gasteiger charge is 2.29. The lowest BCUT2D eigenvalue weighted by atomic mass is 10.2. The summed E-state index contributed by atoms with van der Waals surface area (Å²) < 4.78 is 26.6. The van der Waals surface area contributed by atoms with Crippen molar-refractivity contribution < 1.29 is 18.7 Å². The molecule has 0 saturated carbocycles. The number of aromatic nitrogens is 3. The van der Waals surface area contributed by atoms with E-state index in [4.69, 9.17) is 9.47 Å². The predicted molar refractivity (Wildman–Crippen MR) is 101 cm³/mol. The maximum Gasteiger partial charge on any atom is 0.252 e. The molecule has 144 valence electrons. The second-order valence-electron chi connectivity index (χ2n) is 6.01. The number of benzene rings is 2. The zero-order chi connectivity index (χ0) is 19.5. The summed E-state index contributed by atoms with van der Waals surface area (Å²) in [5, 5.41) is 10.3. The predicted octanol–water partition coefficient (Wildman–Crippen LogP) is 2.78. The van der Waals surface area contributed by atoms with E-state index in [1.165, 1.54) is 22.8 Å². The van der Waals surface area contributed by atoms with Crippen LogP contribution in [0.3, 0.4) is 0 Å². The normalized spacial score (nSPS) is 13.4. The minimum absolute atomic E-state index is 0.0899. The lowest BCUT2D eigenvalue weighted by molar-refractivity contribution is -0.118. The largest absolute Gasteiger partial charge is 0.497 e. The highest BCUT2D eigenvalue weighted by atomic mass is 32.2. The van der Waals surface area contributed by atoms with E-state index in [0.29, 0.717) is 22.3 Å². The molecule has 0 bridgehead atoms. The molecule has 0 N–H and O–H groups in total. The van der Waals surface area contributed by atoms with Crippen LogP contribution in [0.15, 0.2) is 53.7 Å². The van der Waals surface area contributed by atoms with Crippen molar-refractivity contribution in [2.45, 2.75) is 18.3 Å². The number of methoxy groups -OCH3 is 1. The van der Waals surface area contributed by atoms with Gasteiger partial charge in [-0.1, -0.05) is 30.0 Å². The molecule has 7 nitrogen and oxygen atoms in total. The minimum atomic E-state index is -0.362. The number of carbonyl (C=O) groups is 1. The summed E-state index contributed by atoms with van der Waals surface area (Å²) in [7, 11) is 1.59. The Hall–Kier alpha value is -3.07. The number of amides is 1. The summed E-state index contributed by atoms with van der Waals surface area (Å²) in [6.07, 6.45) is 0. The molecule has 9 heteroatoms. The van der Waals surface area contributed by atoms with E-state index < -0.39 is 0 Å². The molecule has 1 aromatic heterocycles. The summed E-state index contributed by atoms with van der Waals surface area (Å²) in [5.74, 6) is 1.54. The van der Waals surface area contributed by atoms with Gasteiger partial charge in [-0.05, 0) is 30.3 Å². The average Bonchev–Trinajstić information content (AvgIpc) is 3.13. The van der Waals surface area contributed by atoms with Gasteiger partial charge in [0.1, 0.15) is 23.9 Å². The number of hydrogen-bond acceptors (Lipinski definition) is 6. The van der Waals surface area contributed by atoms with Crippen LogP contribution < -0.4 is 14.5 Å². The molecule has 2 heterocycles. The van der Waals surface area contributed by atoms with E-state index in [9.17, 15) is 9.18 Å². The van der Waals surface area contributed by atoms with Crippen molar-refractivity contribution in [3.63, 3.8) is 0 Å². The van der Waals surface area contributed by atoms with Crippen LogP contribution in [-0.2, 0) is 17.9 Å². The van der Waals surface area contributed by atoms with E-state index in [0.717, 1.165) is 5.75 Å². The van der Waals surface area contributed by atoms with Gasteiger partial charge in [0.25, 0.3) is 5.91 Å². The molecule has 0 spiro atoms. The van der Waals surface area contributed by atoms with E-state index in [-0.39, 0.29) is 30.6 Å². The molecule has 1 amide bonds. The quantitative estimate of drug-likeness (QED) is 0.634. The lowest BCUT2D eigenvalue weighted by Crippen LogP contribution is -2.45. The van der Waals surface area contributed by atoms with Crippen molar-refractivity contribution in [2.24, 2.45) is 0 Å². The maximum atomic E-state index is 14.1. The third kappa shape index (κ3) is 3.65. The number of fused-ring (bicyclic) bond motifs is 1. The number of nitrogens with zero attached hydrogens (tertiary/aromatic N) is 4. The minimum Gasteiger partial charge on any atom is -0.497 e. The van der Waals surface area contributed by atoms with Gasteiger partial charge in [-0.3, -0.25) is 4.79 Å². The molecule has 3 aromatic rings. The first-order chi connectivity index (χ1) is 13.7. The highest BCUT2D eigenvalue weighted by molar-refractivity contribution is 7.99. The van der Waals surface area contributed by atoms with Gasteiger partial charge in [-0.2, -0.15) is 0 Å². The zero-order valence-electron chi connectivity index (χ0n) is 15.0. The van der Waals surface area contributed by atoms with Gasteiger partial charge < -0.3 is 9.47 Å². The molecular weight excluding hydrogens is 383 g/mol. The molecule has 4 rings (SSSR count). The Balaban J connectivity index is 1.56. The molecule has 0 atom stereocenters. The van der Waals surface area contributed by atoms with Crippen LogP contribution >= 0.6 is 11.8 Å². The average molecular weight is 400 g/mol. The van der Waals surface area contributed by atoms with Gasteiger partial charge in [0, 0.05) is 5.56 Å². The van der Waals surface area contributed by atoms with Gasteiger partial charge in [-0.25, -0.2) is 14.1 Å². The zero-order valence-corrected chi connectivity index (χ0v) is 15.9. The summed E-state index contributed by atoms with van der Waals surface area (Å²) in [6.45, 7) is 0.202. The Labute approximate surface area is 165 Å². The van der Waals surface area contributed by atoms with Gasteiger partial charge in [0.15, 0.2) is 5.82 Å². The van der Waals surface area contributed by atoms with Gasteiger partial charge in [0.05, 0.1) is 19.4 Å². The number of hydrogen-bond donors (Lipinski definition) is 0. The van der Waals surface area contributed by atoms with E-state index in [1.807, 2.05) is 0 Å². The summed E-state index contributed by atoms with van der Waals surface area (Å²) in [4.78, 5) is 12.5. The van der Waals surface area contributed by atoms with E-state index in [2.05, 4.69) is 10.2 Å². The summed E-state index contributed by atoms with van der Waals surface area (Å²) in [5.41, 5.74) is 0.421. The lowest BCUT2D eigenvalue weighted by Gasteiger charge is -2.29. The number of thioether (sulfide) groups is 1. The molecule has 0 aliphatic carbocycles. The van der Waals surface area contributed by atoms with Gasteiger partial charge in [0.2, 0.25) is 5.16 Å². The standard InChI is InChI=1S/C19H17FN4O3S/c1-26-14-6-8-15(9-7-14)27-11-17-21-22-19-24(17)23(18(25)12-28-19)10-13-4-2-3-5-16(13)20/h2-9H,10-12H2,1H3. The Bertz CT molecular complexity index is 993. The summed E-state index contributed by atoms with van der Waals surface area (Å²) in [6, 6.07) is 13.5. The number of rotatable bonds is 6. The SMILES string of the molecule is COc1ccc(OCc2nnc3n2N(Cc2ccccc2F)C(=O)CS3)cc1. The van der Waals surface area contributed by atoms with Crippen LogP contribution in [0.5, 0.6) is 11.5 Å². The fraction of sp³-hybridized carbons (Fsp3) is 0.211. The maximum absolute atomic E-state index is 14.1. The molecule has 0 fully saturated rings. The molecule has 0 unspecified atom stereocenters. The first kappa shape index (κ1) is 18.3. The summed E-state index contributed by atoms with van der Waals surface area (Å²) >= 11 is 1.30. The number of ether oxygens (including phenoxy) is 2. The van der Waals surface area contributed by atoms with Crippen molar-refractivity contribution >= 4 is 17.7 Å². The van der Waals surface area contributed by atoms with Crippen molar-refractivity contribution in [3.8, 4) is 11.5 Å². The van der Waals surface area contributed by atoms with Crippen LogP contribution in [0.1, 0.15) is 11.4 Å². The molecule has 28 heavy (non-hydrogen) atoms. The van der Waals surface area contributed by atoms with Crippen LogP contribution in [-0.4, -0.2) is 33.6 Å². The molecule has 1 aliphatic heterocycles. The second kappa shape index (κ2) is 7.89. The number of halogens is 1. The molecule has 1 aliphatic rings. The van der Waals surface area contributed by atoms with Gasteiger partial charge >= 0.3 is 0 Å². The molecule has 2 aromatic carbocycles. The molecule has 0 radical (unpaired) electrons. The Morgan fingerprint density at radius 2 is 1.86 bits per heavy atom. The van der Waals surface area contributed by atoms with E-state index >= 15 is 0 Å². The van der Waals surface area contributed by atoms with Crippen molar-refractivity contribution in [1.82, 2.24) is 14.9 Å². The van der Waals surface area contributed by atoms with Crippen LogP contribution in [0.4, 0.5) is 4.39 Å². The van der Waals surface area contributed by atoms with E-state index in [1.54, 1.807) is 54.3 Å². The van der Waals surface area contributed by atoms with Crippen LogP contribution in [0, 0.1) is 5.82 Å². The first-order valence-electron chi connectivity index (χ1n) is 8.53. The third-order valence-corrected chi connectivity index (χ3v) is 5.14. The topological polar surface area (TPSA) is 69.5 Å². The highest BCUT2D eigenvalue weighted by Crippen LogP contribution is 2.26. The van der Waals surface area contributed by atoms with Crippen LogP contribution in [0.2, 0.25) is 0 Å². The Morgan fingerprint density at radius 3 is 2.61 bits per heavy atom. The second-order valence-corrected chi connectivity index (χ2v) is 6.95. The van der Waals surface area contributed by atoms with Crippen molar-refractivity contribution in [2.75, 3.05) is 17.9 Å². The fourth-order valence-corrected chi connectivity index (χ4v) is 3.62. The van der Waals surface area contributed by atoms with Gasteiger partial charge in [-0.15, -0.1) is 10.2 Å². The monoisotopic (exact) mass is 400 g/mol. The first-order valence-corrected chi connectivity index (χ1v) is 9.52. The number of carbonyl (C=O) groups excluding carboxylic acids is 1. The van der Waals surface area contributed by atoms with Crippen molar-refractivity contribution in [1.29, 1.82) is 0 Å². The Kier molecular flexibility index (Phi) is 5.16. The molecular formula is C19H17FN4O3S. The molecule has 0 saturated heterocycles. The smallest absolute Gasteiger partial charge is 0.252 e. The van der Waals surface area contributed by atoms with Crippen LogP contribution in [0.25, 0.3) is 0 Å².